The molecular formula is C106H113F4N13O8. The van der Waals surface area contributed by atoms with Gasteiger partial charge in [-0.1, -0.05) is 188 Å². The second-order valence-electron chi connectivity index (χ2n) is 31.3. The van der Waals surface area contributed by atoms with E-state index in [1.807, 2.05) is 56.3 Å². The SMILES string of the molecule is CCN(CC)CC(O)CCC(=O)c1ccc(C#Cc2c(N)ncc3ccc(C#N)cc23)cc1.CCN(CC)CC(O)CCC(=O)c1ccc(C#Cc2c(N)ncc3ccc(C(F)(F)F)cc23)cc1.CCN(CC)CC(O)CCC(=O)c1ccc(C#Cc2c(N)ncc3ccc(F)cc23)cc1.CCN(CC)CC(O)CCC(=O)c1ccc(C#Cc2c(N)ncc3ccccc23)cc1. The second kappa shape index (κ2) is 50.4. The number of likely N-dealkylation sites (N-methyl/N-ethyl adjacent to an activating group) is 4. The third-order valence-electron chi connectivity index (χ3n) is 22.4. The number of nitrogens with zero attached hydrogens (tertiary/aromatic N) is 9. The molecule has 0 aliphatic carbocycles. The third kappa shape index (κ3) is 30.3. The molecule has 21 nitrogen and oxygen atoms in total. The van der Waals surface area contributed by atoms with Crippen molar-refractivity contribution in [2.45, 2.75) is 137 Å². The van der Waals surface area contributed by atoms with Gasteiger partial charge in [-0.15, -0.1) is 0 Å². The van der Waals surface area contributed by atoms with Crippen LogP contribution in [0.1, 0.15) is 204 Å². The summed E-state index contributed by atoms with van der Waals surface area (Å²) in [5, 5.41) is 55.6. The molecule has 0 fully saturated rings. The van der Waals surface area contributed by atoms with E-state index < -0.39 is 36.2 Å². The molecule has 12 aromatic rings. The molecule has 0 radical (unpaired) electrons. The van der Waals surface area contributed by atoms with Crippen molar-refractivity contribution in [3.63, 3.8) is 0 Å². The summed E-state index contributed by atoms with van der Waals surface area (Å²) in [7, 11) is 0. The van der Waals surface area contributed by atoms with Crippen LogP contribution < -0.4 is 22.9 Å². The molecule has 0 saturated heterocycles. The van der Waals surface area contributed by atoms with Crippen molar-refractivity contribution in [1.29, 1.82) is 5.26 Å². The van der Waals surface area contributed by atoms with Gasteiger partial charge in [-0.2, -0.15) is 18.4 Å². The van der Waals surface area contributed by atoms with Crippen LogP contribution in [0.15, 0.2) is 201 Å². The Morgan fingerprint density at radius 1 is 0.344 bits per heavy atom. The molecule has 131 heavy (non-hydrogen) atoms. The van der Waals surface area contributed by atoms with Crippen molar-refractivity contribution in [2.24, 2.45) is 0 Å². The van der Waals surface area contributed by atoms with Crippen molar-refractivity contribution in [2.75, 3.05) is 101 Å². The number of ketones is 4. The third-order valence-corrected chi connectivity index (χ3v) is 22.4. The van der Waals surface area contributed by atoms with Crippen LogP contribution >= 0.6 is 0 Å². The lowest BCUT2D eigenvalue weighted by Crippen LogP contribution is -2.32. The first-order valence-electron chi connectivity index (χ1n) is 44.0. The van der Waals surface area contributed by atoms with E-state index in [9.17, 15) is 62.4 Å². The Kier molecular flexibility index (Phi) is 38.9. The van der Waals surface area contributed by atoms with Crippen LogP contribution in [-0.2, 0) is 6.18 Å². The van der Waals surface area contributed by atoms with Crippen molar-refractivity contribution < 1.29 is 57.2 Å². The van der Waals surface area contributed by atoms with E-state index in [-0.39, 0.29) is 64.4 Å². The number of rotatable bonds is 32. The summed E-state index contributed by atoms with van der Waals surface area (Å²) >= 11 is 0. The molecule has 4 unspecified atom stereocenters. The van der Waals surface area contributed by atoms with Crippen molar-refractivity contribution in [3.05, 3.63) is 284 Å². The minimum absolute atomic E-state index is 0.000336. The first-order chi connectivity index (χ1) is 63.0. The molecule has 8 aromatic carbocycles. The number of nitriles is 1. The number of hydrogen-bond acceptors (Lipinski definition) is 21. The van der Waals surface area contributed by atoms with Gasteiger partial charge in [0.1, 0.15) is 29.1 Å². The van der Waals surface area contributed by atoms with Gasteiger partial charge in [0.15, 0.2) is 23.1 Å². The van der Waals surface area contributed by atoms with Crippen LogP contribution in [0, 0.1) is 64.5 Å². The molecule has 4 heterocycles. The fourth-order valence-electron chi connectivity index (χ4n) is 14.4. The Morgan fingerprint density at radius 2 is 0.603 bits per heavy atom. The number of halogens is 4. The molecule has 678 valence electrons. The highest BCUT2D eigenvalue weighted by Crippen LogP contribution is 2.34. The van der Waals surface area contributed by atoms with E-state index in [1.165, 1.54) is 24.4 Å². The Bertz CT molecular complexity index is 6220. The number of carbonyl (C=O) groups is 4. The standard InChI is InChI=1S/C27H28F3N3O2.C27H28N4O2.C26H28FN3O2.C26H29N3O2/c1-3-33(4-2)17-22(34)12-14-25(35)19-8-5-18(6-9-19)7-13-23-24-15-21(27(28,29)30)11-10-20(24)16-32-26(23)31;1-3-31(4-2)18-23(32)12-14-26(33)21-9-5-19(6-10-21)8-13-24-25-15-20(16-28)7-11-22(25)17-30-27(24)29;1-3-30(4-2)17-22(31)12-14-25(32)19-8-5-18(6-9-19)7-13-23-24-15-21(27)11-10-20(24)16-29-26(23)28;1-3-29(4-2)18-22(30)14-16-25(31)20-12-9-19(10-13-20)11-15-24-23-8-6-5-7-21(23)17-28-26(24)27/h5-6,8-11,15-16,22,34H,3-4,12,14,17H2,1-2H3,(H2,31,32);5-7,9-11,15,17,23,32H,3-4,12,14,18H2,1-2H3,(H2,29,30);5-6,8-11,15-16,22,31H,3-4,12,14,17H2,1-2H3,(H2,28,29);5-10,12-13,17,22,30H,3-4,14,16,18H2,1-2H3,(H2,27,28). The number of benzene rings is 8. The molecule has 0 aliphatic rings. The molecule has 4 aromatic heterocycles. The van der Waals surface area contributed by atoms with Crippen LogP contribution in [0.25, 0.3) is 43.1 Å². The molecule has 0 bridgehead atoms. The van der Waals surface area contributed by atoms with Crippen LogP contribution in [0.2, 0.25) is 0 Å². The highest BCUT2D eigenvalue weighted by atomic mass is 19.4. The van der Waals surface area contributed by atoms with Crippen LogP contribution in [0.3, 0.4) is 0 Å². The zero-order valence-electron chi connectivity index (χ0n) is 75.3. The zero-order valence-corrected chi connectivity index (χ0v) is 75.3. The number of nitrogens with two attached hydrogens (primary N) is 4. The lowest BCUT2D eigenvalue weighted by atomic mass is 10.0. The van der Waals surface area contributed by atoms with Crippen LogP contribution in [-0.4, -0.2) is 186 Å². The van der Waals surface area contributed by atoms with E-state index in [0.29, 0.717) is 143 Å². The van der Waals surface area contributed by atoms with E-state index in [4.69, 9.17) is 22.9 Å². The number of anilines is 4. The number of Topliss-reactive ketones (excluding diaryl/α,β-unsaturated/α-hetero) is 4. The molecule has 0 amide bonds. The van der Waals surface area contributed by atoms with Crippen molar-refractivity contribution in [1.82, 2.24) is 39.5 Å². The molecule has 0 saturated carbocycles. The summed E-state index contributed by atoms with van der Waals surface area (Å²) in [4.78, 5) is 75.1. The summed E-state index contributed by atoms with van der Waals surface area (Å²) in [6.45, 7) is 25.7. The van der Waals surface area contributed by atoms with Gasteiger partial charge in [0.25, 0.3) is 0 Å². The minimum atomic E-state index is -4.49. The summed E-state index contributed by atoms with van der Waals surface area (Å²) < 4.78 is 53.2. The highest BCUT2D eigenvalue weighted by molar-refractivity contribution is 5.99. The summed E-state index contributed by atoms with van der Waals surface area (Å²) in [5.74, 6) is 24.7. The number of aliphatic hydroxyl groups excluding tert-OH is 4. The Balaban J connectivity index is 0.000000197. The number of alkyl halides is 3. The van der Waals surface area contributed by atoms with E-state index in [2.05, 4.69) is 135 Å². The topological polar surface area (TPSA) is 342 Å². The van der Waals surface area contributed by atoms with E-state index in [1.54, 1.807) is 122 Å². The average molecular weight is 1770 g/mol. The Hall–Kier alpha value is -13.6. The zero-order chi connectivity index (χ0) is 94.7. The van der Waals surface area contributed by atoms with Gasteiger partial charge in [-0.05, 0) is 169 Å². The number of fused-ring (bicyclic) bond motifs is 4. The van der Waals surface area contributed by atoms with Gasteiger partial charge in [0.2, 0.25) is 0 Å². The van der Waals surface area contributed by atoms with Gasteiger partial charge in [0.05, 0.1) is 63.9 Å². The first kappa shape index (κ1) is 101. The van der Waals surface area contributed by atoms with Gasteiger partial charge < -0.3 is 63.0 Å². The molecule has 25 heteroatoms. The fourth-order valence-corrected chi connectivity index (χ4v) is 14.4. The molecule has 4 atom stereocenters. The number of hydrogen-bond donors (Lipinski definition) is 8. The van der Waals surface area contributed by atoms with Crippen LogP contribution in [0.5, 0.6) is 0 Å². The van der Waals surface area contributed by atoms with E-state index in [0.717, 1.165) is 103 Å². The van der Waals surface area contributed by atoms with E-state index >= 15 is 0 Å². The predicted octanol–water partition coefficient (Wildman–Crippen LogP) is 16.6. The van der Waals surface area contributed by atoms with Crippen molar-refractivity contribution >= 4 is 89.5 Å². The van der Waals surface area contributed by atoms with Gasteiger partial charge in [-0.25, -0.2) is 24.3 Å². The smallest absolute Gasteiger partial charge is 0.392 e. The summed E-state index contributed by atoms with van der Waals surface area (Å²) in [6.07, 6.45) is 2.69. The maximum Gasteiger partial charge on any atom is 0.416 e. The van der Waals surface area contributed by atoms with Gasteiger partial charge in [0, 0.05) is 164 Å². The highest BCUT2D eigenvalue weighted by Gasteiger charge is 2.31. The lowest BCUT2D eigenvalue weighted by molar-refractivity contribution is -0.137. The summed E-state index contributed by atoms with van der Waals surface area (Å²) in [5.41, 5.74) is 30.8. The lowest BCUT2D eigenvalue weighted by Gasteiger charge is -2.21. The maximum absolute atomic E-state index is 13.7. The predicted molar refractivity (Wildman–Crippen MR) is 513 cm³/mol. The first-order valence-corrected chi connectivity index (χ1v) is 44.0. The van der Waals surface area contributed by atoms with Crippen molar-refractivity contribution in [3.8, 4) is 53.4 Å². The number of carbonyl (C=O) groups excluding carboxylic acids is 4. The Morgan fingerprint density at radius 3 is 0.901 bits per heavy atom. The average Bonchev–Trinajstić information content (AvgIpc) is 0.755. The normalized spacial score (nSPS) is 12.0. The van der Waals surface area contributed by atoms with Crippen LogP contribution in [0.4, 0.5) is 40.8 Å². The molecule has 0 spiro atoms. The summed E-state index contributed by atoms with van der Waals surface area (Å²) in [6, 6.07) is 51.0. The largest absolute Gasteiger partial charge is 0.416 e. The number of nitrogen functional groups attached to an aromatic ring is 4. The number of aliphatic hydroxyl groups is 4. The quantitative estimate of drug-likeness (QED) is 0.0110. The molecule has 12 rings (SSSR count). The minimum Gasteiger partial charge on any atom is -0.392 e. The number of pyridine rings is 4. The number of aromatic nitrogens is 4. The molecular weight excluding hydrogens is 1660 g/mol. The monoisotopic (exact) mass is 1770 g/mol. The molecule has 0 aliphatic heterocycles. The Labute approximate surface area is 764 Å². The maximum atomic E-state index is 13.7. The fraction of sp³-hybridized carbons (Fsp3) is 0.311. The van der Waals surface area contributed by atoms with Gasteiger partial charge >= 0.3 is 6.18 Å². The second-order valence-corrected chi connectivity index (χ2v) is 31.3. The molecule has 12 N–H and O–H groups in total. The van der Waals surface area contributed by atoms with Gasteiger partial charge in [-0.3, -0.25) is 19.2 Å².